The first-order valence-corrected chi connectivity index (χ1v) is 6.00. The van der Waals surface area contributed by atoms with Crippen molar-refractivity contribution in [1.82, 2.24) is 0 Å². The van der Waals surface area contributed by atoms with E-state index in [4.69, 9.17) is 10.5 Å². The second-order valence-electron chi connectivity index (χ2n) is 3.87. The highest BCUT2D eigenvalue weighted by Crippen LogP contribution is 2.09. The second-order valence-corrected chi connectivity index (χ2v) is 3.87. The number of hydrogen-bond acceptors (Lipinski definition) is 3. The summed E-state index contributed by atoms with van der Waals surface area (Å²) in [6, 6.07) is 7.79. The van der Waals surface area contributed by atoms with Gasteiger partial charge in [0.2, 0.25) is 0 Å². The molecule has 0 spiro atoms. The van der Waals surface area contributed by atoms with E-state index in [1.807, 2.05) is 24.3 Å². The molecule has 3 heteroatoms. The Morgan fingerprint density at radius 3 is 2.50 bits per heavy atom. The van der Waals surface area contributed by atoms with Crippen LogP contribution in [0.4, 0.5) is 11.4 Å². The van der Waals surface area contributed by atoms with Gasteiger partial charge in [-0.25, -0.2) is 0 Å². The van der Waals surface area contributed by atoms with E-state index >= 15 is 0 Å². The SMILES string of the molecule is CCCCOCCCNc1ccc(N)cc1. The predicted octanol–water partition coefficient (Wildman–Crippen LogP) is 2.89. The molecule has 0 aliphatic carbocycles. The van der Waals surface area contributed by atoms with Gasteiger partial charge < -0.3 is 15.8 Å². The minimum Gasteiger partial charge on any atom is -0.399 e. The van der Waals surface area contributed by atoms with Gasteiger partial charge in [0.1, 0.15) is 0 Å². The monoisotopic (exact) mass is 222 g/mol. The van der Waals surface area contributed by atoms with E-state index in [0.717, 1.165) is 44.0 Å². The molecule has 0 heterocycles. The number of nitrogens with one attached hydrogen (secondary N) is 1. The van der Waals surface area contributed by atoms with E-state index in [1.165, 1.54) is 6.42 Å². The molecular weight excluding hydrogens is 200 g/mol. The number of hydrogen-bond donors (Lipinski definition) is 2. The van der Waals surface area contributed by atoms with Crippen LogP contribution in [0.3, 0.4) is 0 Å². The first kappa shape index (κ1) is 12.8. The van der Waals surface area contributed by atoms with Gasteiger partial charge in [0, 0.05) is 31.1 Å². The summed E-state index contributed by atoms with van der Waals surface area (Å²) in [4.78, 5) is 0. The summed E-state index contributed by atoms with van der Waals surface area (Å²) in [6.07, 6.45) is 3.39. The molecule has 0 aliphatic rings. The van der Waals surface area contributed by atoms with Crippen LogP contribution in [0.2, 0.25) is 0 Å². The van der Waals surface area contributed by atoms with Gasteiger partial charge in [-0.05, 0) is 37.1 Å². The van der Waals surface area contributed by atoms with E-state index in [2.05, 4.69) is 12.2 Å². The maximum atomic E-state index is 5.60. The molecule has 0 saturated heterocycles. The Bertz CT molecular complexity index is 272. The average molecular weight is 222 g/mol. The van der Waals surface area contributed by atoms with Crippen LogP contribution in [-0.2, 0) is 4.74 Å². The highest BCUT2D eigenvalue weighted by molar-refractivity contribution is 5.50. The molecule has 0 aromatic heterocycles. The number of ether oxygens (including phenoxy) is 1. The van der Waals surface area contributed by atoms with Crippen molar-refractivity contribution in [3.05, 3.63) is 24.3 Å². The van der Waals surface area contributed by atoms with Gasteiger partial charge in [-0.1, -0.05) is 13.3 Å². The fraction of sp³-hybridized carbons (Fsp3) is 0.538. The lowest BCUT2D eigenvalue weighted by atomic mass is 10.3. The molecular formula is C13H22N2O. The standard InChI is InChI=1S/C13H22N2O/c1-2-3-10-16-11-4-9-15-13-7-5-12(14)6-8-13/h5-8,15H,2-4,9-11,14H2,1H3. The number of benzene rings is 1. The van der Waals surface area contributed by atoms with Crippen molar-refractivity contribution in [2.75, 3.05) is 30.8 Å². The molecule has 3 N–H and O–H groups in total. The summed E-state index contributed by atoms with van der Waals surface area (Å²) in [6.45, 7) is 4.84. The fourth-order valence-electron chi connectivity index (χ4n) is 1.36. The number of rotatable bonds is 8. The molecule has 0 fully saturated rings. The summed E-state index contributed by atoms with van der Waals surface area (Å²) >= 11 is 0. The number of unbranched alkanes of at least 4 members (excludes halogenated alkanes) is 1. The van der Waals surface area contributed by atoms with Crippen molar-refractivity contribution < 1.29 is 4.74 Å². The molecule has 0 amide bonds. The molecule has 16 heavy (non-hydrogen) atoms. The summed E-state index contributed by atoms with van der Waals surface area (Å²) in [5.41, 5.74) is 7.51. The lowest BCUT2D eigenvalue weighted by Crippen LogP contribution is -2.06. The predicted molar refractivity (Wildman–Crippen MR) is 69.7 cm³/mol. The fourth-order valence-corrected chi connectivity index (χ4v) is 1.36. The van der Waals surface area contributed by atoms with Crippen molar-refractivity contribution in [2.24, 2.45) is 0 Å². The van der Waals surface area contributed by atoms with Crippen LogP contribution in [0, 0.1) is 0 Å². The van der Waals surface area contributed by atoms with Crippen LogP contribution in [0.15, 0.2) is 24.3 Å². The van der Waals surface area contributed by atoms with Crippen LogP contribution in [0.5, 0.6) is 0 Å². The smallest absolute Gasteiger partial charge is 0.0482 e. The molecule has 0 saturated carbocycles. The molecule has 0 bridgehead atoms. The highest BCUT2D eigenvalue weighted by Gasteiger charge is 1.92. The Balaban J connectivity index is 2.01. The Morgan fingerprint density at radius 2 is 1.81 bits per heavy atom. The van der Waals surface area contributed by atoms with E-state index in [9.17, 15) is 0 Å². The van der Waals surface area contributed by atoms with Crippen LogP contribution in [-0.4, -0.2) is 19.8 Å². The van der Waals surface area contributed by atoms with Crippen LogP contribution < -0.4 is 11.1 Å². The largest absolute Gasteiger partial charge is 0.399 e. The summed E-state index contributed by atoms with van der Waals surface area (Å²) in [5, 5.41) is 3.33. The third-order valence-electron chi connectivity index (χ3n) is 2.35. The van der Waals surface area contributed by atoms with Gasteiger partial charge in [0.05, 0.1) is 0 Å². The van der Waals surface area contributed by atoms with Crippen molar-refractivity contribution in [1.29, 1.82) is 0 Å². The summed E-state index contributed by atoms with van der Waals surface area (Å²) in [7, 11) is 0. The Labute approximate surface area is 98.0 Å². The first-order chi connectivity index (χ1) is 7.83. The van der Waals surface area contributed by atoms with Crippen molar-refractivity contribution in [3.8, 4) is 0 Å². The quantitative estimate of drug-likeness (QED) is 0.525. The lowest BCUT2D eigenvalue weighted by molar-refractivity contribution is 0.131. The van der Waals surface area contributed by atoms with Crippen molar-refractivity contribution in [3.63, 3.8) is 0 Å². The molecule has 90 valence electrons. The van der Waals surface area contributed by atoms with Crippen LogP contribution in [0.25, 0.3) is 0 Å². The zero-order valence-corrected chi connectivity index (χ0v) is 10.0. The number of anilines is 2. The van der Waals surface area contributed by atoms with Gasteiger partial charge in [0.25, 0.3) is 0 Å². The molecule has 0 atom stereocenters. The zero-order valence-electron chi connectivity index (χ0n) is 10.0. The molecule has 0 radical (unpaired) electrons. The van der Waals surface area contributed by atoms with Crippen molar-refractivity contribution >= 4 is 11.4 Å². The zero-order chi connectivity index (χ0) is 11.6. The van der Waals surface area contributed by atoms with E-state index in [0.29, 0.717) is 0 Å². The Kier molecular flexibility index (Phi) is 6.42. The molecule has 1 rings (SSSR count). The average Bonchev–Trinajstić information content (AvgIpc) is 2.30. The second kappa shape index (κ2) is 7.99. The Hall–Kier alpha value is -1.22. The van der Waals surface area contributed by atoms with Gasteiger partial charge in [-0.2, -0.15) is 0 Å². The number of nitrogen functional groups attached to an aromatic ring is 1. The molecule has 3 nitrogen and oxygen atoms in total. The van der Waals surface area contributed by atoms with E-state index in [-0.39, 0.29) is 0 Å². The van der Waals surface area contributed by atoms with Gasteiger partial charge >= 0.3 is 0 Å². The molecule has 0 aliphatic heterocycles. The summed E-state index contributed by atoms with van der Waals surface area (Å²) in [5.74, 6) is 0. The van der Waals surface area contributed by atoms with Gasteiger partial charge in [-0.15, -0.1) is 0 Å². The van der Waals surface area contributed by atoms with Crippen molar-refractivity contribution in [2.45, 2.75) is 26.2 Å². The normalized spacial score (nSPS) is 10.3. The van der Waals surface area contributed by atoms with Crippen LogP contribution in [0.1, 0.15) is 26.2 Å². The third-order valence-corrected chi connectivity index (χ3v) is 2.35. The first-order valence-electron chi connectivity index (χ1n) is 6.00. The maximum Gasteiger partial charge on any atom is 0.0482 e. The minimum absolute atomic E-state index is 0.799. The molecule has 0 unspecified atom stereocenters. The summed E-state index contributed by atoms with van der Waals surface area (Å²) < 4.78 is 5.47. The molecule has 1 aromatic rings. The van der Waals surface area contributed by atoms with E-state index in [1.54, 1.807) is 0 Å². The van der Waals surface area contributed by atoms with Gasteiger partial charge in [0.15, 0.2) is 0 Å². The maximum absolute atomic E-state index is 5.60. The Morgan fingerprint density at radius 1 is 1.12 bits per heavy atom. The topological polar surface area (TPSA) is 47.3 Å². The highest BCUT2D eigenvalue weighted by atomic mass is 16.5. The van der Waals surface area contributed by atoms with E-state index < -0.39 is 0 Å². The minimum atomic E-state index is 0.799. The van der Waals surface area contributed by atoms with Crippen LogP contribution >= 0.6 is 0 Å². The third kappa shape index (κ3) is 5.61. The molecule has 1 aromatic carbocycles. The van der Waals surface area contributed by atoms with Gasteiger partial charge in [-0.3, -0.25) is 0 Å². The lowest BCUT2D eigenvalue weighted by Gasteiger charge is -2.07. The number of nitrogens with two attached hydrogens (primary N) is 1.